The maximum absolute atomic E-state index is 13.1. The van der Waals surface area contributed by atoms with Crippen LogP contribution in [0.4, 0.5) is 0 Å². The number of nitrogens with zero attached hydrogens (tertiary/aromatic N) is 1. The van der Waals surface area contributed by atoms with E-state index in [-0.39, 0.29) is 29.7 Å². The van der Waals surface area contributed by atoms with Gasteiger partial charge in [-0.05, 0) is 22.9 Å². The molecular weight excluding hydrogens is 502 g/mol. The lowest BCUT2D eigenvalue weighted by Gasteiger charge is -2.45. The fourth-order valence-electron chi connectivity index (χ4n) is 4.83. The number of carbonyl (C=O) groups is 1. The van der Waals surface area contributed by atoms with Gasteiger partial charge in [0.1, 0.15) is 30.4 Å². The SMILES string of the molecule is C=CCO.C[N+]1(C)[C@@H]2CC(OC(=O)C(O)(c3cccs3)c3cccs3)C[C@H]1[C@@H]1O[C@@H]12.[Br-]. The average molecular weight is 531 g/mol. The zero-order valence-electron chi connectivity index (χ0n) is 17.5. The van der Waals surface area contributed by atoms with Crippen molar-refractivity contribution in [3.63, 3.8) is 0 Å². The van der Waals surface area contributed by atoms with Gasteiger partial charge in [0.25, 0.3) is 0 Å². The summed E-state index contributed by atoms with van der Waals surface area (Å²) in [6.07, 6.45) is 3.48. The predicted molar refractivity (Wildman–Crippen MR) is 116 cm³/mol. The molecule has 0 spiro atoms. The zero-order valence-corrected chi connectivity index (χ0v) is 20.7. The Hall–Kier alpha value is -1.07. The molecule has 3 saturated heterocycles. The molecule has 0 amide bonds. The number of carbonyl (C=O) groups excluding carboxylic acids is 1. The highest BCUT2D eigenvalue weighted by Gasteiger charge is 2.71. The molecule has 31 heavy (non-hydrogen) atoms. The molecule has 0 saturated carbocycles. The number of piperidine rings is 1. The van der Waals surface area contributed by atoms with Crippen molar-refractivity contribution in [1.82, 2.24) is 0 Å². The number of thiophene rings is 2. The molecule has 0 aromatic carbocycles. The second-order valence-electron chi connectivity index (χ2n) is 8.46. The van der Waals surface area contributed by atoms with E-state index in [9.17, 15) is 9.90 Å². The Bertz CT molecular complexity index is 832. The van der Waals surface area contributed by atoms with E-state index in [2.05, 4.69) is 20.7 Å². The zero-order chi connectivity index (χ0) is 21.5. The first-order chi connectivity index (χ1) is 14.3. The Labute approximate surface area is 201 Å². The number of quaternary nitrogens is 1. The Morgan fingerprint density at radius 1 is 1.23 bits per heavy atom. The highest BCUT2D eigenvalue weighted by atomic mass is 79.9. The van der Waals surface area contributed by atoms with Crippen LogP contribution in [0.2, 0.25) is 0 Å². The molecule has 2 aromatic rings. The topological polar surface area (TPSA) is 79.3 Å². The first-order valence-electron chi connectivity index (χ1n) is 10.1. The van der Waals surface area contributed by atoms with Gasteiger partial charge in [0.2, 0.25) is 5.60 Å². The molecule has 5 rings (SSSR count). The molecule has 6 nitrogen and oxygen atoms in total. The summed E-state index contributed by atoms with van der Waals surface area (Å²) in [4.78, 5) is 14.3. The maximum Gasteiger partial charge on any atom is 0.349 e. The first-order valence-corrected chi connectivity index (χ1v) is 11.8. The van der Waals surface area contributed by atoms with Crippen molar-refractivity contribution in [1.29, 1.82) is 0 Å². The summed E-state index contributed by atoms with van der Waals surface area (Å²) < 4.78 is 12.6. The third kappa shape index (κ3) is 4.29. The number of halogens is 1. The second kappa shape index (κ2) is 9.43. The third-order valence-corrected chi connectivity index (χ3v) is 8.45. The lowest BCUT2D eigenvalue weighted by Crippen LogP contribution is -3.00. The van der Waals surface area contributed by atoms with Gasteiger partial charge in [-0.3, -0.25) is 0 Å². The number of morpholine rings is 1. The lowest BCUT2D eigenvalue weighted by molar-refractivity contribution is -0.938. The fraction of sp³-hybridized carbons (Fsp3) is 0.500. The molecule has 1 unspecified atom stereocenters. The van der Waals surface area contributed by atoms with Crippen molar-refractivity contribution in [3.05, 3.63) is 57.4 Å². The highest BCUT2D eigenvalue weighted by Crippen LogP contribution is 2.52. The van der Waals surface area contributed by atoms with Gasteiger partial charge in [-0.15, -0.1) is 29.3 Å². The number of epoxide rings is 1. The second-order valence-corrected chi connectivity index (χ2v) is 10.4. The molecular formula is C22H28BrNO5S2. The number of aliphatic hydroxyl groups excluding tert-OH is 1. The van der Waals surface area contributed by atoms with Crippen LogP contribution in [0, 0.1) is 0 Å². The van der Waals surface area contributed by atoms with Gasteiger partial charge < -0.3 is 41.2 Å². The van der Waals surface area contributed by atoms with Crippen molar-refractivity contribution >= 4 is 28.6 Å². The van der Waals surface area contributed by atoms with E-state index in [1.54, 1.807) is 12.1 Å². The average Bonchev–Trinajstić information content (AvgIpc) is 3.08. The van der Waals surface area contributed by atoms with Crippen LogP contribution in [0.15, 0.2) is 47.7 Å². The molecule has 5 atom stereocenters. The summed E-state index contributed by atoms with van der Waals surface area (Å²) in [6, 6.07) is 8.01. The predicted octanol–water partition coefficient (Wildman–Crippen LogP) is -0.486. The molecule has 2 aromatic heterocycles. The maximum atomic E-state index is 13.1. The van der Waals surface area contributed by atoms with E-state index < -0.39 is 11.6 Å². The lowest BCUT2D eigenvalue weighted by atomic mass is 9.95. The van der Waals surface area contributed by atoms with Gasteiger partial charge in [0.15, 0.2) is 0 Å². The van der Waals surface area contributed by atoms with Crippen LogP contribution < -0.4 is 17.0 Å². The number of esters is 1. The summed E-state index contributed by atoms with van der Waals surface area (Å²) in [5, 5.41) is 22.9. The first kappa shape index (κ1) is 24.6. The number of rotatable bonds is 5. The van der Waals surface area contributed by atoms with E-state index in [1.165, 1.54) is 28.7 Å². The van der Waals surface area contributed by atoms with Gasteiger partial charge in [0.05, 0.1) is 30.5 Å². The third-order valence-electron chi connectivity index (χ3n) is 6.49. The van der Waals surface area contributed by atoms with E-state index >= 15 is 0 Å². The fourth-order valence-corrected chi connectivity index (χ4v) is 6.54. The minimum absolute atomic E-state index is 0. The number of ether oxygens (including phenoxy) is 2. The Balaban J connectivity index is 0.000000504. The van der Waals surface area contributed by atoms with Crippen LogP contribution in [-0.2, 0) is 19.9 Å². The molecule has 0 aliphatic carbocycles. The number of aliphatic hydroxyl groups is 2. The Morgan fingerprint density at radius 2 is 1.71 bits per heavy atom. The molecule has 3 aliphatic rings. The number of likely N-dealkylation sites (N-methyl/N-ethyl adjacent to an activating group) is 1. The summed E-state index contributed by atoms with van der Waals surface area (Å²) >= 11 is 2.74. The Morgan fingerprint density at radius 3 is 2.10 bits per heavy atom. The summed E-state index contributed by atoms with van der Waals surface area (Å²) in [6.45, 7) is 3.31. The van der Waals surface area contributed by atoms with E-state index in [4.69, 9.17) is 14.6 Å². The van der Waals surface area contributed by atoms with Crippen LogP contribution in [0.1, 0.15) is 22.6 Å². The normalized spacial score (nSPS) is 29.6. The molecule has 2 bridgehead atoms. The van der Waals surface area contributed by atoms with Gasteiger partial charge in [-0.25, -0.2) is 4.79 Å². The molecule has 9 heteroatoms. The molecule has 170 valence electrons. The number of fused-ring (bicyclic) bond motifs is 5. The number of hydrogen-bond acceptors (Lipinski definition) is 7. The van der Waals surface area contributed by atoms with Crippen molar-refractivity contribution in [2.75, 3.05) is 20.7 Å². The van der Waals surface area contributed by atoms with Crippen LogP contribution in [-0.4, -0.2) is 71.8 Å². The molecule has 5 heterocycles. The molecule has 3 fully saturated rings. The monoisotopic (exact) mass is 529 g/mol. The van der Waals surface area contributed by atoms with E-state index in [1.807, 2.05) is 22.9 Å². The largest absolute Gasteiger partial charge is 1.00 e. The van der Waals surface area contributed by atoms with Crippen LogP contribution >= 0.6 is 22.7 Å². The van der Waals surface area contributed by atoms with Gasteiger partial charge in [-0.2, -0.15) is 0 Å². The summed E-state index contributed by atoms with van der Waals surface area (Å²) in [5.41, 5.74) is -1.72. The minimum atomic E-state index is -1.72. The summed E-state index contributed by atoms with van der Waals surface area (Å²) in [5.74, 6) is -0.561. The van der Waals surface area contributed by atoms with Crippen molar-refractivity contribution < 1.29 is 45.9 Å². The smallest absolute Gasteiger partial charge is 0.349 e. The highest BCUT2D eigenvalue weighted by molar-refractivity contribution is 7.12. The van der Waals surface area contributed by atoms with Crippen molar-refractivity contribution in [2.45, 2.75) is 48.8 Å². The van der Waals surface area contributed by atoms with Crippen LogP contribution in [0.3, 0.4) is 0 Å². The molecule has 0 radical (unpaired) electrons. The quantitative estimate of drug-likeness (QED) is 0.236. The molecule has 3 aliphatic heterocycles. The molecule has 2 N–H and O–H groups in total. The van der Waals surface area contributed by atoms with Crippen molar-refractivity contribution in [2.24, 2.45) is 0 Å². The minimum Gasteiger partial charge on any atom is -1.00 e. The van der Waals surface area contributed by atoms with E-state index in [0.29, 0.717) is 34.0 Å². The van der Waals surface area contributed by atoms with E-state index in [0.717, 1.165) is 17.3 Å². The Kier molecular flexibility index (Phi) is 7.47. The van der Waals surface area contributed by atoms with Crippen LogP contribution in [0.5, 0.6) is 0 Å². The van der Waals surface area contributed by atoms with Crippen LogP contribution in [0.25, 0.3) is 0 Å². The van der Waals surface area contributed by atoms with Crippen molar-refractivity contribution in [3.8, 4) is 0 Å². The number of hydrogen-bond donors (Lipinski definition) is 2. The van der Waals surface area contributed by atoms with Gasteiger partial charge >= 0.3 is 5.97 Å². The standard InChI is InChI=1S/C19H22NO4S2.C3H6O.BrH/c1-20(2)12-9-11(10-13(20)17-16(12)24-17)23-18(21)19(22,14-5-3-7-25-14)15-6-4-8-26-15;1-2-3-4;/h3-8,11-13,16-17,22H,9-10H2,1-2H3;2,4H,1,3H2;1H/q+1;;/p-1/t11?,12-,13+,16-,17+;;. The summed E-state index contributed by atoms with van der Waals surface area (Å²) in [7, 11) is 4.49. The van der Waals surface area contributed by atoms with Gasteiger partial charge in [0, 0.05) is 12.8 Å². The van der Waals surface area contributed by atoms with Gasteiger partial charge in [-0.1, -0.05) is 18.2 Å².